The molecule has 0 spiro atoms. The van der Waals surface area contributed by atoms with E-state index in [0.29, 0.717) is 72.2 Å². The summed E-state index contributed by atoms with van der Waals surface area (Å²) in [6.07, 6.45) is 5.58. The smallest absolute Gasteiger partial charge is 0.191 e. The second-order valence-corrected chi connectivity index (χ2v) is 21.9. The van der Waals surface area contributed by atoms with Crippen molar-refractivity contribution in [3.63, 3.8) is 0 Å². The van der Waals surface area contributed by atoms with Gasteiger partial charge < -0.3 is 49.4 Å². The molecule has 0 saturated heterocycles. The molecule has 0 aliphatic rings. The lowest BCUT2D eigenvalue weighted by molar-refractivity contribution is 0.0967. The number of Topliss-reactive ketones (excluding diaryl/α,β-unsaturated/α-hetero) is 2. The van der Waals surface area contributed by atoms with E-state index in [-0.39, 0.29) is 21.4 Å². The van der Waals surface area contributed by atoms with Crippen molar-refractivity contribution in [2.45, 2.75) is 20.7 Å². The molecule has 0 radical (unpaired) electrons. The number of hydrogen-bond donors (Lipinski definition) is 4. The van der Waals surface area contributed by atoms with Crippen LogP contribution < -0.4 is 39.5 Å². The number of sulfone groups is 2. The van der Waals surface area contributed by atoms with Crippen molar-refractivity contribution < 1.29 is 54.8 Å². The Morgan fingerprint density at radius 2 is 1.00 bits per heavy atom. The normalized spacial score (nSPS) is 12.0. The van der Waals surface area contributed by atoms with Crippen LogP contribution >= 0.6 is 39.1 Å². The lowest BCUT2D eigenvalue weighted by atomic mass is 9.95. The van der Waals surface area contributed by atoms with Gasteiger partial charge in [-0.1, -0.05) is 51.3 Å². The molecule has 384 valence electrons. The molecule has 2 aromatic heterocycles. The molecule has 2 heterocycles. The van der Waals surface area contributed by atoms with Crippen LogP contribution in [0.5, 0.6) is 34.5 Å². The standard InChI is InChI=1S/C26H25ClN2O6S.C18H15BrClNO3.C8H11NO3S/c1-33-17-6-8-20-22(14-28-23(20)13-17)26(30)25(21-7-5-15(27)9-24(21)35-3)29-16-10-18(34-2)12-19(11-16)36(4,31)32;1-23-11-4-6-12-14(9-21-15(12)8-11)18(22)17(19)13-5-3-10(20)7-16(13)24-2;1-12-7-3-6(9)4-8(5-7)13(2,10)11/h5-14,25,28-29H,1-4H3;3-9,17,21H,1-2H3;3-5H,9H2,1-2H3. The Bertz CT molecular complexity index is 3550. The minimum absolute atomic E-state index is 0.0535. The Kier molecular flexibility index (Phi) is 18.0. The number of nitrogens with two attached hydrogens (primary N) is 1. The molecule has 8 rings (SSSR count). The summed E-state index contributed by atoms with van der Waals surface area (Å²) in [5.74, 6) is 2.80. The molecule has 16 nitrogen and oxygen atoms in total. The molecule has 0 saturated carbocycles. The topological polar surface area (TPSA) is 227 Å². The number of carbonyl (C=O) groups excluding carboxylic acids is 2. The molecule has 0 aliphatic carbocycles. The maximum Gasteiger partial charge on any atom is 0.191 e. The zero-order chi connectivity index (χ0) is 53.4. The highest BCUT2D eigenvalue weighted by atomic mass is 79.9. The van der Waals surface area contributed by atoms with E-state index in [0.717, 1.165) is 40.2 Å². The molecule has 2 unspecified atom stereocenters. The molecular weight excluding hydrogens is 1090 g/mol. The lowest BCUT2D eigenvalue weighted by Crippen LogP contribution is -2.22. The Balaban J connectivity index is 0.000000201. The van der Waals surface area contributed by atoms with Gasteiger partial charge in [-0.2, -0.15) is 0 Å². The number of fused-ring (bicyclic) bond motifs is 2. The van der Waals surface area contributed by atoms with E-state index in [1.165, 1.54) is 45.6 Å². The number of aromatic nitrogens is 2. The fourth-order valence-electron chi connectivity index (χ4n) is 7.49. The third kappa shape index (κ3) is 13.4. The van der Waals surface area contributed by atoms with Crippen molar-refractivity contribution in [3.8, 4) is 34.5 Å². The monoisotopic (exact) mass is 1140 g/mol. The van der Waals surface area contributed by atoms with Gasteiger partial charge in [0.15, 0.2) is 31.2 Å². The van der Waals surface area contributed by atoms with Gasteiger partial charge >= 0.3 is 0 Å². The number of methoxy groups -OCH3 is 6. The Morgan fingerprint density at radius 3 is 1.48 bits per heavy atom. The number of rotatable bonds is 16. The summed E-state index contributed by atoms with van der Waals surface area (Å²) in [5.41, 5.74) is 10.1. The zero-order valence-electron chi connectivity index (χ0n) is 40.6. The number of carbonyl (C=O) groups is 2. The van der Waals surface area contributed by atoms with Crippen molar-refractivity contribution in [1.82, 2.24) is 9.97 Å². The summed E-state index contributed by atoms with van der Waals surface area (Å²) in [6, 6.07) is 29.1. The van der Waals surface area contributed by atoms with E-state index in [1.54, 1.807) is 100 Å². The molecule has 5 N–H and O–H groups in total. The minimum atomic E-state index is -3.54. The average molecular weight is 1140 g/mol. The van der Waals surface area contributed by atoms with Crippen LogP contribution in [0.1, 0.15) is 42.7 Å². The molecule has 0 fully saturated rings. The summed E-state index contributed by atoms with van der Waals surface area (Å²) in [4.78, 5) is 32.9. The number of benzene rings is 6. The summed E-state index contributed by atoms with van der Waals surface area (Å²) in [6.45, 7) is 0. The largest absolute Gasteiger partial charge is 0.497 e. The molecule has 0 amide bonds. The van der Waals surface area contributed by atoms with E-state index in [9.17, 15) is 26.4 Å². The third-order valence-electron chi connectivity index (χ3n) is 11.2. The maximum atomic E-state index is 14.0. The first kappa shape index (κ1) is 55.4. The van der Waals surface area contributed by atoms with Gasteiger partial charge in [-0.25, -0.2) is 16.8 Å². The minimum Gasteiger partial charge on any atom is -0.497 e. The zero-order valence-corrected chi connectivity index (χ0v) is 45.4. The number of alkyl halides is 1. The highest BCUT2D eigenvalue weighted by molar-refractivity contribution is 9.09. The van der Waals surface area contributed by atoms with Gasteiger partial charge in [0.25, 0.3) is 0 Å². The van der Waals surface area contributed by atoms with Crippen LogP contribution in [0.4, 0.5) is 11.4 Å². The highest BCUT2D eigenvalue weighted by Gasteiger charge is 2.29. The third-order valence-corrected chi connectivity index (χ3v) is 14.8. The average Bonchev–Trinajstić information content (AvgIpc) is 4.01. The van der Waals surface area contributed by atoms with E-state index < -0.39 is 30.5 Å². The predicted molar refractivity (Wildman–Crippen MR) is 289 cm³/mol. The van der Waals surface area contributed by atoms with Gasteiger partial charge in [0.2, 0.25) is 0 Å². The van der Waals surface area contributed by atoms with Crippen LogP contribution in [-0.2, 0) is 19.7 Å². The molecule has 2 atom stereocenters. The SMILES string of the molecule is COc1cc(N)cc(S(C)(=O)=O)c1.COc1cc(NC(C(=O)c2c[nH]c3cc(OC)ccc23)c2ccc(Cl)cc2OC)cc(S(C)(=O)=O)c1.COc1ccc2c(C(=O)C(Br)c3ccc(Cl)cc3OC)c[nH]c2c1. The lowest BCUT2D eigenvalue weighted by Gasteiger charge is -2.22. The second kappa shape index (κ2) is 23.8. The molecular formula is C52H51BrCl2N4O12S2. The van der Waals surface area contributed by atoms with Crippen molar-refractivity contribution >= 4 is 104 Å². The number of anilines is 2. The predicted octanol–water partition coefficient (Wildman–Crippen LogP) is 11.1. The molecule has 6 aromatic carbocycles. The van der Waals surface area contributed by atoms with Crippen LogP contribution in [0.3, 0.4) is 0 Å². The summed E-state index contributed by atoms with van der Waals surface area (Å²) in [5, 5.41) is 5.76. The first-order chi connectivity index (χ1) is 34.6. The number of halogens is 3. The number of nitrogens with one attached hydrogen (secondary N) is 3. The molecule has 0 bridgehead atoms. The van der Waals surface area contributed by atoms with Crippen LogP contribution in [0, 0.1) is 0 Å². The van der Waals surface area contributed by atoms with Gasteiger partial charge in [-0.15, -0.1) is 0 Å². The summed E-state index contributed by atoms with van der Waals surface area (Å²) >= 11 is 15.7. The van der Waals surface area contributed by atoms with E-state index in [1.807, 2.05) is 18.2 Å². The Morgan fingerprint density at radius 1 is 0.548 bits per heavy atom. The number of aromatic amines is 2. The van der Waals surface area contributed by atoms with Gasteiger partial charge in [0, 0.05) is 115 Å². The van der Waals surface area contributed by atoms with Crippen LogP contribution in [0.25, 0.3) is 21.8 Å². The van der Waals surface area contributed by atoms with Crippen LogP contribution in [0.2, 0.25) is 10.0 Å². The summed E-state index contributed by atoms with van der Waals surface area (Å²) in [7, 11) is 2.36. The second-order valence-electron chi connectivity index (χ2n) is 16.1. The number of hydrogen-bond acceptors (Lipinski definition) is 14. The van der Waals surface area contributed by atoms with Gasteiger partial charge in [-0.3, -0.25) is 9.59 Å². The van der Waals surface area contributed by atoms with Crippen LogP contribution in [0.15, 0.2) is 131 Å². The fourth-order valence-corrected chi connectivity index (χ4v) is 9.79. The molecule has 8 aromatic rings. The maximum absolute atomic E-state index is 14.0. The Labute approximate surface area is 441 Å². The molecule has 0 aliphatic heterocycles. The number of ketones is 2. The quantitative estimate of drug-likeness (QED) is 0.0401. The molecule has 21 heteroatoms. The first-order valence-electron chi connectivity index (χ1n) is 21.6. The van der Waals surface area contributed by atoms with Crippen molar-refractivity contribution in [1.29, 1.82) is 0 Å². The fraction of sp³-hybridized carbons (Fsp3) is 0.192. The van der Waals surface area contributed by atoms with E-state index in [4.69, 9.17) is 57.4 Å². The van der Waals surface area contributed by atoms with E-state index in [2.05, 4.69) is 31.2 Å². The van der Waals surface area contributed by atoms with Crippen molar-refractivity contribution in [2.24, 2.45) is 0 Å². The number of ether oxygens (including phenoxy) is 6. The highest BCUT2D eigenvalue weighted by Crippen LogP contribution is 2.39. The van der Waals surface area contributed by atoms with Gasteiger partial charge in [-0.05, 0) is 72.8 Å². The van der Waals surface area contributed by atoms with Crippen molar-refractivity contribution in [3.05, 3.63) is 154 Å². The van der Waals surface area contributed by atoms with Crippen LogP contribution in [-0.4, -0.2) is 93.5 Å². The number of nitrogen functional groups attached to an aromatic ring is 1. The molecule has 73 heavy (non-hydrogen) atoms. The Hall–Kier alpha value is -6.90. The summed E-state index contributed by atoms with van der Waals surface area (Å²) < 4.78 is 78.4. The van der Waals surface area contributed by atoms with Gasteiger partial charge in [0.05, 0.1) is 52.4 Å². The van der Waals surface area contributed by atoms with Gasteiger partial charge in [0.1, 0.15) is 45.4 Å². The van der Waals surface area contributed by atoms with E-state index >= 15 is 0 Å². The first-order valence-corrected chi connectivity index (χ1v) is 27.1. The van der Waals surface area contributed by atoms with Crippen molar-refractivity contribution in [2.75, 3.05) is 66.2 Å². The number of H-pyrrole nitrogens is 2.